The second-order valence-corrected chi connectivity index (χ2v) is 5.17. The average Bonchev–Trinajstić information content (AvgIpc) is 2.95. The lowest BCUT2D eigenvalue weighted by atomic mass is 9.99. The lowest BCUT2D eigenvalue weighted by molar-refractivity contribution is 0.0946. The molecule has 8 heteroatoms. The monoisotopic (exact) mass is 372 g/mol. The summed E-state index contributed by atoms with van der Waals surface area (Å²) in [6, 6.07) is 4.00. The number of carbonyl (C=O) groups excluding carboxylic acids is 1. The third-order valence-corrected chi connectivity index (χ3v) is 3.53. The zero-order valence-electron chi connectivity index (χ0n) is 15.9. The third kappa shape index (κ3) is 6.51. The Balaban J connectivity index is 0.00000113. The Morgan fingerprint density at radius 2 is 1.73 bits per heavy atom. The molecule has 146 valence electrons. The fourth-order valence-corrected chi connectivity index (χ4v) is 2.32. The standard InChI is InChI=1S/C15H19FN4O.C2H6.CH2F2/c1-9-4-11(6-17)5-10(2)12(9)7-18-15(21)13-8-19-20(3)14(13)16;1-2;2-1-3/h4-5,8H,6-7,17H2,1-3H3,(H,18,21);1-2H3;1H2. The van der Waals surface area contributed by atoms with Gasteiger partial charge in [-0.15, -0.1) is 0 Å². The van der Waals surface area contributed by atoms with Gasteiger partial charge in [-0.2, -0.15) is 9.49 Å². The molecule has 0 aliphatic rings. The predicted octanol–water partition coefficient (Wildman–Crippen LogP) is 3.47. The SMILES string of the molecule is CC.Cc1cc(CN)cc(C)c1CNC(=O)c1cnn(C)c1F.FCF. The highest BCUT2D eigenvalue weighted by Gasteiger charge is 2.16. The summed E-state index contributed by atoms with van der Waals surface area (Å²) >= 11 is 0. The van der Waals surface area contributed by atoms with Gasteiger partial charge < -0.3 is 11.1 Å². The van der Waals surface area contributed by atoms with Crippen molar-refractivity contribution in [2.24, 2.45) is 12.8 Å². The van der Waals surface area contributed by atoms with Gasteiger partial charge in [0, 0.05) is 20.1 Å². The van der Waals surface area contributed by atoms with Gasteiger partial charge in [0.15, 0.2) is 0 Å². The van der Waals surface area contributed by atoms with Gasteiger partial charge >= 0.3 is 0 Å². The Morgan fingerprint density at radius 3 is 2.12 bits per heavy atom. The molecule has 26 heavy (non-hydrogen) atoms. The third-order valence-electron chi connectivity index (χ3n) is 3.53. The second-order valence-electron chi connectivity index (χ2n) is 5.17. The summed E-state index contributed by atoms with van der Waals surface area (Å²) in [6.45, 7) is 7.02. The number of rotatable bonds is 4. The maximum Gasteiger partial charge on any atom is 0.257 e. The molecule has 1 aromatic carbocycles. The number of alkyl halides is 2. The molecule has 0 radical (unpaired) electrons. The van der Waals surface area contributed by atoms with E-state index in [4.69, 9.17) is 5.73 Å². The molecule has 0 unspecified atom stereocenters. The minimum atomic E-state index is -1.75. The van der Waals surface area contributed by atoms with E-state index in [0.29, 0.717) is 13.1 Å². The van der Waals surface area contributed by atoms with Crippen LogP contribution in [0.25, 0.3) is 0 Å². The van der Waals surface area contributed by atoms with Gasteiger partial charge in [0.2, 0.25) is 12.9 Å². The fraction of sp³-hybridized carbons (Fsp3) is 0.444. The molecule has 0 spiro atoms. The van der Waals surface area contributed by atoms with Crippen molar-refractivity contribution < 1.29 is 18.0 Å². The molecule has 0 bridgehead atoms. The molecule has 0 saturated heterocycles. The number of nitrogens with two attached hydrogens (primary N) is 1. The molecular formula is C18H27F3N4O. The molecule has 2 aromatic rings. The Hall–Kier alpha value is -2.35. The van der Waals surface area contributed by atoms with Gasteiger partial charge in [0.25, 0.3) is 5.91 Å². The minimum Gasteiger partial charge on any atom is -0.348 e. The molecule has 0 atom stereocenters. The van der Waals surface area contributed by atoms with E-state index >= 15 is 0 Å². The fourth-order valence-electron chi connectivity index (χ4n) is 2.32. The Bertz CT molecular complexity index is 679. The van der Waals surface area contributed by atoms with Crippen molar-refractivity contribution >= 4 is 5.91 Å². The van der Waals surface area contributed by atoms with Crippen molar-refractivity contribution in [3.8, 4) is 0 Å². The lowest BCUT2D eigenvalue weighted by Crippen LogP contribution is -2.24. The minimum absolute atomic E-state index is 0.0496. The number of aryl methyl sites for hydroxylation is 3. The molecule has 0 aliphatic carbocycles. The van der Waals surface area contributed by atoms with Gasteiger partial charge in [-0.25, -0.2) is 13.5 Å². The zero-order chi connectivity index (χ0) is 20.3. The molecule has 2 rings (SSSR count). The number of nitrogens with zero attached hydrogens (tertiary/aromatic N) is 2. The summed E-state index contributed by atoms with van der Waals surface area (Å²) in [4.78, 5) is 12.0. The zero-order valence-corrected chi connectivity index (χ0v) is 15.9. The van der Waals surface area contributed by atoms with E-state index < -0.39 is 18.8 Å². The van der Waals surface area contributed by atoms with E-state index in [0.717, 1.165) is 26.9 Å². The van der Waals surface area contributed by atoms with E-state index in [1.165, 1.54) is 13.2 Å². The number of hydrogen-bond acceptors (Lipinski definition) is 3. The first-order valence-electron chi connectivity index (χ1n) is 8.22. The molecule has 1 aromatic heterocycles. The van der Waals surface area contributed by atoms with Crippen LogP contribution in [0.2, 0.25) is 0 Å². The summed E-state index contributed by atoms with van der Waals surface area (Å²) in [5.74, 6) is -1.11. The maximum atomic E-state index is 13.6. The molecule has 0 saturated carbocycles. The topological polar surface area (TPSA) is 72.9 Å². The van der Waals surface area contributed by atoms with Crippen LogP contribution in [0.3, 0.4) is 0 Å². The molecule has 5 nitrogen and oxygen atoms in total. The van der Waals surface area contributed by atoms with Crippen LogP contribution in [0.5, 0.6) is 0 Å². The lowest BCUT2D eigenvalue weighted by Gasteiger charge is -2.13. The highest BCUT2D eigenvalue weighted by atomic mass is 19.3. The number of amides is 1. The van der Waals surface area contributed by atoms with Crippen molar-refractivity contribution in [1.29, 1.82) is 0 Å². The van der Waals surface area contributed by atoms with Crippen LogP contribution in [0.15, 0.2) is 18.3 Å². The summed E-state index contributed by atoms with van der Waals surface area (Å²) < 4.78 is 33.9. The number of hydrogen-bond donors (Lipinski definition) is 2. The van der Waals surface area contributed by atoms with Crippen LogP contribution in [-0.4, -0.2) is 22.6 Å². The summed E-state index contributed by atoms with van der Waals surface area (Å²) in [5.41, 5.74) is 9.77. The quantitative estimate of drug-likeness (QED) is 0.863. The second kappa shape index (κ2) is 12.1. The van der Waals surface area contributed by atoms with Gasteiger partial charge in [-0.3, -0.25) is 4.79 Å². The van der Waals surface area contributed by atoms with Crippen molar-refractivity contribution in [3.63, 3.8) is 0 Å². The molecular weight excluding hydrogens is 345 g/mol. The molecule has 3 N–H and O–H groups in total. The largest absolute Gasteiger partial charge is 0.348 e. The molecule has 1 heterocycles. The van der Waals surface area contributed by atoms with E-state index in [9.17, 15) is 18.0 Å². The first-order valence-corrected chi connectivity index (χ1v) is 8.22. The van der Waals surface area contributed by atoms with Crippen LogP contribution in [0.1, 0.15) is 46.5 Å². The van der Waals surface area contributed by atoms with Gasteiger partial charge in [0.1, 0.15) is 5.56 Å². The molecule has 0 fully saturated rings. The Kier molecular flexibility index (Phi) is 11.0. The Morgan fingerprint density at radius 1 is 1.23 bits per heavy atom. The van der Waals surface area contributed by atoms with E-state index in [1.54, 1.807) is 0 Å². The molecule has 1 amide bonds. The van der Waals surface area contributed by atoms with Crippen molar-refractivity contribution in [2.45, 2.75) is 40.8 Å². The van der Waals surface area contributed by atoms with Crippen molar-refractivity contribution in [1.82, 2.24) is 15.1 Å². The average molecular weight is 372 g/mol. The first kappa shape index (κ1) is 23.7. The Labute approximate surface area is 152 Å². The highest BCUT2D eigenvalue weighted by Crippen LogP contribution is 2.17. The highest BCUT2D eigenvalue weighted by molar-refractivity contribution is 5.93. The van der Waals surface area contributed by atoms with Crippen molar-refractivity contribution in [3.05, 3.63) is 52.1 Å². The van der Waals surface area contributed by atoms with Crippen LogP contribution in [0.4, 0.5) is 13.2 Å². The predicted molar refractivity (Wildman–Crippen MR) is 96.6 cm³/mol. The smallest absolute Gasteiger partial charge is 0.257 e. The van der Waals surface area contributed by atoms with Gasteiger partial charge in [0.05, 0.1) is 6.20 Å². The van der Waals surface area contributed by atoms with Crippen LogP contribution in [0, 0.1) is 19.8 Å². The van der Waals surface area contributed by atoms with E-state index in [1.807, 2.05) is 39.8 Å². The summed E-state index contributed by atoms with van der Waals surface area (Å²) in [7, 11) is 1.45. The number of benzene rings is 1. The van der Waals surface area contributed by atoms with Crippen molar-refractivity contribution in [2.75, 3.05) is 6.93 Å². The maximum absolute atomic E-state index is 13.6. The summed E-state index contributed by atoms with van der Waals surface area (Å²) in [5, 5.41) is 6.44. The van der Waals surface area contributed by atoms with E-state index in [-0.39, 0.29) is 5.56 Å². The normalized spacial score (nSPS) is 9.58. The van der Waals surface area contributed by atoms with Gasteiger partial charge in [-0.1, -0.05) is 26.0 Å². The summed E-state index contributed by atoms with van der Waals surface area (Å²) in [6.07, 6.45) is 1.22. The van der Waals surface area contributed by atoms with Gasteiger partial charge in [-0.05, 0) is 36.1 Å². The number of carbonyl (C=O) groups is 1. The number of halogens is 3. The van der Waals surface area contributed by atoms with Crippen LogP contribution < -0.4 is 11.1 Å². The number of aromatic nitrogens is 2. The van der Waals surface area contributed by atoms with Crippen LogP contribution in [-0.2, 0) is 20.1 Å². The molecule has 0 aliphatic heterocycles. The number of nitrogens with one attached hydrogen (secondary N) is 1. The first-order chi connectivity index (χ1) is 12.3. The van der Waals surface area contributed by atoms with E-state index in [2.05, 4.69) is 10.4 Å². The van der Waals surface area contributed by atoms with Crippen LogP contribution >= 0.6 is 0 Å².